The zero-order valence-corrected chi connectivity index (χ0v) is 21.8. The first-order valence-electron chi connectivity index (χ1n) is 13.4. The van der Waals surface area contributed by atoms with Gasteiger partial charge in [0, 0.05) is 17.9 Å². The summed E-state index contributed by atoms with van der Waals surface area (Å²) in [5.41, 5.74) is 5.25. The third kappa shape index (κ3) is 4.74. The highest BCUT2D eigenvalue weighted by Crippen LogP contribution is 2.38. The minimum atomic E-state index is -0.323. The van der Waals surface area contributed by atoms with Gasteiger partial charge in [-0.1, -0.05) is 74.0 Å². The van der Waals surface area contributed by atoms with E-state index in [-0.39, 0.29) is 17.9 Å². The van der Waals surface area contributed by atoms with E-state index in [4.69, 9.17) is 10.1 Å². The molecule has 2 heterocycles. The molecular weight excluding hydrogens is 489 g/mol. The lowest BCUT2D eigenvalue weighted by molar-refractivity contribution is 0.625. The molecule has 0 bridgehead atoms. The number of rotatable bonds is 8. The maximum atomic E-state index is 14.2. The second kappa shape index (κ2) is 10.3. The smallest absolute Gasteiger partial charge is 0.259 e. The number of benzene rings is 3. The van der Waals surface area contributed by atoms with Gasteiger partial charge in [-0.05, 0) is 53.6 Å². The fourth-order valence-corrected chi connectivity index (χ4v) is 5.21. The average molecular weight is 518 g/mol. The van der Waals surface area contributed by atoms with Crippen LogP contribution in [0, 0.1) is 17.1 Å². The monoisotopic (exact) mass is 517 g/mol. The molecule has 0 saturated heterocycles. The van der Waals surface area contributed by atoms with Crippen molar-refractivity contribution in [3.8, 4) is 17.2 Å². The lowest BCUT2D eigenvalue weighted by atomic mass is 9.92. The van der Waals surface area contributed by atoms with Crippen LogP contribution in [0.2, 0.25) is 0 Å². The first-order chi connectivity index (χ1) is 19.1. The molecule has 1 saturated carbocycles. The second-order valence-electron chi connectivity index (χ2n) is 10.1. The molecule has 0 unspecified atom stereocenters. The Labute approximate surface area is 226 Å². The van der Waals surface area contributed by atoms with Crippen LogP contribution in [0.25, 0.3) is 16.9 Å². The molecule has 1 aliphatic carbocycles. The summed E-state index contributed by atoms with van der Waals surface area (Å²) >= 11 is 0. The highest BCUT2D eigenvalue weighted by Gasteiger charge is 2.30. The lowest BCUT2D eigenvalue weighted by Crippen LogP contribution is -2.30. The van der Waals surface area contributed by atoms with Crippen LogP contribution in [0.5, 0.6) is 0 Å². The fraction of sp³-hybridized carbons (Fsp3) is 0.250. The van der Waals surface area contributed by atoms with Crippen LogP contribution in [0.1, 0.15) is 65.9 Å². The maximum Gasteiger partial charge on any atom is 0.259 e. The van der Waals surface area contributed by atoms with E-state index in [0.29, 0.717) is 35.7 Å². The van der Waals surface area contributed by atoms with Gasteiger partial charge in [-0.25, -0.2) is 8.91 Å². The predicted octanol–water partition coefficient (Wildman–Crippen LogP) is 6.04. The van der Waals surface area contributed by atoms with Crippen molar-refractivity contribution in [2.75, 3.05) is 0 Å². The van der Waals surface area contributed by atoms with Gasteiger partial charge in [0.2, 0.25) is 5.78 Å². The van der Waals surface area contributed by atoms with Crippen LogP contribution >= 0.6 is 0 Å². The van der Waals surface area contributed by atoms with Crippen molar-refractivity contribution < 1.29 is 4.39 Å². The van der Waals surface area contributed by atoms with E-state index in [0.717, 1.165) is 53.0 Å². The highest BCUT2D eigenvalue weighted by molar-refractivity contribution is 5.72. The largest absolute Gasteiger partial charge is 0.272 e. The molecule has 6 rings (SSSR count). The van der Waals surface area contributed by atoms with E-state index >= 15 is 0 Å². The Balaban J connectivity index is 1.54. The summed E-state index contributed by atoms with van der Waals surface area (Å²) in [6.45, 7) is 2.33. The predicted molar refractivity (Wildman–Crippen MR) is 148 cm³/mol. The van der Waals surface area contributed by atoms with E-state index < -0.39 is 0 Å². The van der Waals surface area contributed by atoms with Crippen LogP contribution in [-0.2, 0) is 19.4 Å². The molecule has 0 amide bonds. The second-order valence-corrected chi connectivity index (χ2v) is 10.1. The van der Waals surface area contributed by atoms with Crippen molar-refractivity contribution in [2.24, 2.45) is 0 Å². The molecule has 3 aromatic carbocycles. The Bertz CT molecular complexity index is 1760. The molecule has 0 spiro atoms. The minimum Gasteiger partial charge on any atom is -0.272 e. The number of nitrogens with zero attached hydrogens (tertiary/aromatic N) is 5. The van der Waals surface area contributed by atoms with Crippen molar-refractivity contribution >= 4 is 5.78 Å². The zero-order chi connectivity index (χ0) is 26.9. The molecule has 0 atom stereocenters. The third-order valence-corrected chi connectivity index (χ3v) is 7.35. The molecule has 7 heteroatoms. The molecule has 0 N–H and O–H groups in total. The molecule has 1 fully saturated rings. The number of aromatic nitrogens is 4. The Morgan fingerprint density at radius 2 is 1.79 bits per heavy atom. The summed E-state index contributed by atoms with van der Waals surface area (Å²) in [5, 5.41) is 15.1. The van der Waals surface area contributed by atoms with E-state index in [2.05, 4.69) is 13.0 Å². The Kier molecular flexibility index (Phi) is 6.54. The standard InChI is InChI=1S/C32H28FN5O/c1-2-7-29-27(18-24-10-6-11-26(28(24)19-34)22-8-4-3-5-9-22)31(39)37(20-21-12-16-25(33)17-13-21)32-35-30(23-14-15-23)36-38(29)32/h3-6,8-13,16-17,23H,2,7,14-15,18,20H2,1H3. The van der Waals surface area contributed by atoms with Crippen molar-refractivity contribution in [3.05, 3.63) is 123 Å². The van der Waals surface area contributed by atoms with E-state index in [1.165, 1.54) is 12.1 Å². The van der Waals surface area contributed by atoms with Gasteiger partial charge in [0.05, 0.1) is 17.8 Å². The van der Waals surface area contributed by atoms with Gasteiger partial charge < -0.3 is 0 Å². The molecule has 194 valence electrons. The quantitative estimate of drug-likeness (QED) is 0.252. The van der Waals surface area contributed by atoms with Gasteiger partial charge in [0.1, 0.15) is 11.9 Å². The number of hydrogen-bond donors (Lipinski definition) is 0. The van der Waals surface area contributed by atoms with Crippen molar-refractivity contribution in [3.63, 3.8) is 0 Å². The number of nitriles is 1. The normalized spacial score (nSPS) is 13.1. The van der Waals surface area contributed by atoms with Crippen LogP contribution < -0.4 is 5.56 Å². The number of fused-ring (bicyclic) bond motifs is 1. The van der Waals surface area contributed by atoms with Crippen molar-refractivity contribution in [1.82, 2.24) is 19.2 Å². The SMILES string of the molecule is CCCc1c(Cc2cccc(-c3ccccc3)c2C#N)c(=O)n(Cc2ccc(F)cc2)c2nc(C3CC3)nn12. The highest BCUT2D eigenvalue weighted by atomic mass is 19.1. The molecule has 1 aliphatic rings. The van der Waals surface area contributed by atoms with Gasteiger partial charge in [0.15, 0.2) is 5.82 Å². The van der Waals surface area contributed by atoms with Gasteiger partial charge in [-0.2, -0.15) is 10.2 Å². The number of hydrogen-bond acceptors (Lipinski definition) is 4. The minimum absolute atomic E-state index is 0.154. The molecule has 39 heavy (non-hydrogen) atoms. The summed E-state index contributed by atoms with van der Waals surface area (Å²) < 4.78 is 17.1. The summed E-state index contributed by atoms with van der Waals surface area (Å²) in [6.07, 6.45) is 3.89. The molecule has 0 aliphatic heterocycles. The summed E-state index contributed by atoms with van der Waals surface area (Å²) in [4.78, 5) is 19.0. The van der Waals surface area contributed by atoms with Crippen LogP contribution in [0.15, 0.2) is 77.6 Å². The fourth-order valence-electron chi connectivity index (χ4n) is 5.21. The zero-order valence-electron chi connectivity index (χ0n) is 21.8. The van der Waals surface area contributed by atoms with Gasteiger partial charge in [0.25, 0.3) is 5.56 Å². The van der Waals surface area contributed by atoms with Gasteiger partial charge >= 0.3 is 0 Å². The molecule has 0 radical (unpaired) electrons. The number of halogens is 1. The van der Waals surface area contributed by atoms with E-state index in [1.807, 2.05) is 53.0 Å². The van der Waals surface area contributed by atoms with Crippen LogP contribution in [0.4, 0.5) is 4.39 Å². The Morgan fingerprint density at radius 3 is 2.49 bits per heavy atom. The molecular formula is C32H28FN5O. The first-order valence-corrected chi connectivity index (χ1v) is 13.4. The van der Waals surface area contributed by atoms with Gasteiger partial charge in [-0.15, -0.1) is 5.10 Å². The van der Waals surface area contributed by atoms with Crippen LogP contribution in [0.3, 0.4) is 0 Å². The topological polar surface area (TPSA) is 76.0 Å². The van der Waals surface area contributed by atoms with Crippen molar-refractivity contribution in [2.45, 2.75) is 51.5 Å². The summed E-state index contributed by atoms with van der Waals surface area (Å²) in [7, 11) is 0. The van der Waals surface area contributed by atoms with E-state index in [9.17, 15) is 14.4 Å². The Hall–Kier alpha value is -4.57. The summed E-state index contributed by atoms with van der Waals surface area (Å²) in [6, 6.07) is 24.2. The van der Waals surface area contributed by atoms with Crippen LogP contribution in [-0.4, -0.2) is 19.2 Å². The number of aryl methyl sites for hydroxylation is 1. The van der Waals surface area contributed by atoms with E-state index in [1.54, 1.807) is 16.7 Å². The van der Waals surface area contributed by atoms with Gasteiger partial charge in [-0.3, -0.25) is 9.36 Å². The molecule has 2 aromatic heterocycles. The molecule has 6 nitrogen and oxygen atoms in total. The van der Waals surface area contributed by atoms with Crippen molar-refractivity contribution in [1.29, 1.82) is 5.26 Å². The summed E-state index contributed by atoms with van der Waals surface area (Å²) in [5.74, 6) is 1.28. The Morgan fingerprint density at radius 1 is 1.03 bits per heavy atom. The first kappa shape index (κ1) is 24.7. The lowest BCUT2D eigenvalue weighted by Gasteiger charge is -2.16. The average Bonchev–Trinajstić information content (AvgIpc) is 3.72. The maximum absolute atomic E-state index is 14.2. The molecule has 5 aromatic rings. The third-order valence-electron chi connectivity index (χ3n) is 7.35.